The highest BCUT2D eigenvalue weighted by atomic mass is 35.5. The van der Waals surface area contributed by atoms with Crippen LogP contribution in [0.1, 0.15) is 23.2 Å². The second-order valence-corrected chi connectivity index (χ2v) is 3.25. The Balaban J connectivity index is 2.64. The van der Waals surface area contributed by atoms with Gasteiger partial charge < -0.3 is 0 Å². The number of hydrogen-bond acceptors (Lipinski definition) is 2. The molecule has 12 heavy (non-hydrogen) atoms. The van der Waals surface area contributed by atoms with Gasteiger partial charge in [-0.1, -0.05) is 18.2 Å². The zero-order valence-electron chi connectivity index (χ0n) is 6.68. The van der Waals surface area contributed by atoms with Crippen molar-refractivity contribution in [1.29, 1.82) is 0 Å². The van der Waals surface area contributed by atoms with Crippen molar-refractivity contribution in [3.63, 3.8) is 0 Å². The van der Waals surface area contributed by atoms with Crippen LogP contribution < -0.4 is 0 Å². The Morgan fingerprint density at radius 2 is 2.00 bits per heavy atom. The Morgan fingerprint density at radius 3 is 2.75 bits per heavy atom. The summed E-state index contributed by atoms with van der Waals surface area (Å²) in [6.07, 6.45) is 4.99. The maximum absolute atomic E-state index is 5.89. The van der Waals surface area contributed by atoms with E-state index in [2.05, 4.69) is 16.8 Å². The van der Waals surface area contributed by atoms with E-state index in [9.17, 15) is 0 Å². The molecule has 1 aromatic rings. The topological polar surface area (TPSA) is 25.8 Å². The van der Waals surface area contributed by atoms with Gasteiger partial charge >= 0.3 is 0 Å². The van der Waals surface area contributed by atoms with Crippen molar-refractivity contribution in [2.24, 2.45) is 0 Å². The van der Waals surface area contributed by atoms with Crippen LogP contribution in [0.4, 0.5) is 0 Å². The first-order valence-electron chi connectivity index (χ1n) is 3.99. The molecule has 2 nitrogen and oxygen atoms in total. The average Bonchev–Trinajstić information content (AvgIpc) is 2.54. The molecule has 0 saturated carbocycles. The Kier molecular flexibility index (Phi) is 1.85. The Morgan fingerprint density at radius 1 is 1.25 bits per heavy atom. The zero-order chi connectivity index (χ0) is 8.55. The minimum Gasteiger partial charge on any atom is -0.149 e. The lowest BCUT2D eigenvalue weighted by molar-refractivity contribution is 0.910. The summed E-state index contributed by atoms with van der Waals surface area (Å²) in [6, 6.07) is 0. The third-order valence-electron chi connectivity index (χ3n) is 2.21. The van der Waals surface area contributed by atoms with E-state index in [4.69, 9.17) is 11.6 Å². The predicted octanol–water partition coefficient (Wildman–Crippen LogP) is 2.26. The molecule has 0 unspecified atom stereocenters. The van der Waals surface area contributed by atoms with Crippen LogP contribution in [-0.4, -0.2) is 10.2 Å². The van der Waals surface area contributed by atoms with E-state index in [1.54, 1.807) is 6.08 Å². The third kappa shape index (κ3) is 1.03. The fourth-order valence-corrected chi connectivity index (χ4v) is 1.88. The van der Waals surface area contributed by atoms with Crippen molar-refractivity contribution < 1.29 is 0 Å². The summed E-state index contributed by atoms with van der Waals surface area (Å²) >= 11 is 5.89. The number of hydrogen-bond donors (Lipinski definition) is 0. The lowest BCUT2D eigenvalue weighted by Crippen LogP contribution is -1.96. The molecule has 1 aliphatic rings. The summed E-state index contributed by atoms with van der Waals surface area (Å²) in [6.45, 7) is 3.69. The van der Waals surface area contributed by atoms with Gasteiger partial charge in [-0.3, -0.25) is 0 Å². The van der Waals surface area contributed by atoms with E-state index in [1.165, 1.54) is 11.1 Å². The van der Waals surface area contributed by atoms with Crippen molar-refractivity contribution in [2.75, 3.05) is 0 Å². The maximum Gasteiger partial charge on any atom is 0.155 e. The minimum absolute atomic E-state index is 0.563. The fourth-order valence-electron chi connectivity index (χ4n) is 1.64. The molecular formula is C9H9ClN2. The molecule has 0 spiro atoms. The average molecular weight is 181 g/mol. The van der Waals surface area contributed by atoms with Gasteiger partial charge in [-0.05, 0) is 36.5 Å². The molecule has 0 bridgehead atoms. The van der Waals surface area contributed by atoms with Crippen LogP contribution in [0.2, 0.25) is 5.15 Å². The van der Waals surface area contributed by atoms with E-state index in [0.29, 0.717) is 5.15 Å². The first-order valence-corrected chi connectivity index (χ1v) is 4.37. The second-order valence-electron chi connectivity index (χ2n) is 2.89. The van der Waals surface area contributed by atoms with Crippen LogP contribution in [0.15, 0.2) is 6.58 Å². The van der Waals surface area contributed by atoms with Gasteiger partial charge in [-0.25, -0.2) is 0 Å². The van der Waals surface area contributed by atoms with Crippen LogP contribution in [-0.2, 0) is 12.8 Å². The Hall–Kier alpha value is -0.890. The first kappa shape index (κ1) is 7.74. The number of aromatic nitrogens is 2. The standard InChI is InChI=1S/C9H9ClN2/c1-2-8-6-4-3-5-7(6)9(10)12-11-8/h2H,1,3-5H2. The molecule has 0 radical (unpaired) electrons. The normalized spacial score (nSPS) is 14.4. The fraction of sp³-hybridized carbons (Fsp3) is 0.333. The quantitative estimate of drug-likeness (QED) is 0.663. The summed E-state index contributed by atoms with van der Waals surface area (Å²) in [7, 11) is 0. The summed E-state index contributed by atoms with van der Waals surface area (Å²) in [5.41, 5.74) is 3.30. The van der Waals surface area contributed by atoms with Gasteiger partial charge in [0.05, 0.1) is 5.69 Å². The van der Waals surface area contributed by atoms with E-state index >= 15 is 0 Å². The summed E-state index contributed by atoms with van der Waals surface area (Å²) in [5, 5.41) is 8.40. The summed E-state index contributed by atoms with van der Waals surface area (Å²) < 4.78 is 0. The van der Waals surface area contributed by atoms with E-state index in [0.717, 1.165) is 25.0 Å². The zero-order valence-corrected chi connectivity index (χ0v) is 7.43. The molecule has 2 rings (SSSR count). The lowest BCUT2D eigenvalue weighted by Gasteiger charge is -2.02. The van der Waals surface area contributed by atoms with E-state index in [-0.39, 0.29) is 0 Å². The van der Waals surface area contributed by atoms with Crippen molar-refractivity contribution in [3.05, 3.63) is 28.6 Å². The molecule has 3 heteroatoms. The van der Waals surface area contributed by atoms with Crippen molar-refractivity contribution >= 4 is 17.7 Å². The lowest BCUT2D eigenvalue weighted by atomic mass is 10.1. The molecule has 0 atom stereocenters. The van der Waals surface area contributed by atoms with Crippen LogP contribution in [0.3, 0.4) is 0 Å². The van der Waals surface area contributed by atoms with Crippen molar-refractivity contribution in [3.8, 4) is 0 Å². The van der Waals surface area contributed by atoms with Crippen LogP contribution in [0.25, 0.3) is 6.08 Å². The van der Waals surface area contributed by atoms with Gasteiger partial charge in [-0.2, -0.15) is 0 Å². The summed E-state index contributed by atoms with van der Waals surface area (Å²) in [5.74, 6) is 0. The highest BCUT2D eigenvalue weighted by molar-refractivity contribution is 6.30. The molecule has 0 aliphatic heterocycles. The number of halogens is 1. The molecule has 0 saturated heterocycles. The smallest absolute Gasteiger partial charge is 0.149 e. The van der Waals surface area contributed by atoms with Gasteiger partial charge in [0.25, 0.3) is 0 Å². The highest BCUT2D eigenvalue weighted by Crippen LogP contribution is 2.28. The van der Waals surface area contributed by atoms with Gasteiger partial charge in [0.15, 0.2) is 5.15 Å². The highest BCUT2D eigenvalue weighted by Gasteiger charge is 2.18. The largest absolute Gasteiger partial charge is 0.155 e. The molecule has 62 valence electrons. The Bertz CT molecular complexity index is 334. The molecule has 0 amide bonds. The number of rotatable bonds is 1. The van der Waals surface area contributed by atoms with Gasteiger partial charge in [0.2, 0.25) is 0 Å². The molecule has 0 N–H and O–H groups in total. The van der Waals surface area contributed by atoms with Crippen LogP contribution >= 0.6 is 11.6 Å². The number of nitrogens with zero attached hydrogens (tertiary/aromatic N) is 2. The van der Waals surface area contributed by atoms with Crippen molar-refractivity contribution in [1.82, 2.24) is 10.2 Å². The molecule has 1 heterocycles. The molecule has 1 aromatic heterocycles. The molecule has 1 aliphatic carbocycles. The second kappa shape index (κ2) is 2.87. The molecule has 0 fully saturated rings. The molecular weight excluding hydrogens is 172 g/mol. The maximum atomic E-state index is 5.89. The summed E-state index contributed by atoms with van der Waals surface area (Å²) in [4.78, 5) is 0. The SMILES string of the molecule is C=Cc1nnc(Cl)c2c1CCC2. The predicted molar refractivity (Wildman–Crippen MR) is 49.2 cm³/mol. The van der Waals surface area contributed by atoms with Crippen LogP contribution in [0.5, 0.6) is 0 Å². The van der Waals surface area contributed by atoms with Gasteiger partial charge in [0.1, 0.15) is 0 Å². The minimum atomic E-state index is 0.563. The van der Waals surface area contributed by atoms with E-state index < -0.39 is 0 Å². The Labute approximate surface area is 76.3 Å². The molecule has 0 aromatic carbocycles. The third-order valence-corrected chi connectivity index (χ3v) is 2.52. The van der Waals surface area contributed by atoms with Gasteiger partial charge in [-0.15, -0.1) is 10.2 Å². The first-order chi connectivity index (χ1) is 5.83. The van der Waals surface area contributed by atoms with Crippen molar-refractivity contribution in [2.45, 2.75) is 19.3 Å². The van der Waals surface area contributed by atoms with E-state index in [1.807, 2.05) is 0 Å². The monoisotopic (exact) mass is 180 g/mol. The number of fused-ring (bicyclic) bond motifs is 1. The van der Waals surface area contributed by atoms with Gasteiger partial charge in [0, 0.05) is 0 Å². The van der Waals surface area contributed by atoms with Crippen LogP contribution in [0, 0.1) is 0 Å².